The molecule has 2 fully saturated rings. The Hall–Kier alpha value is -1.28. The van der Waals surface area contributed by atoms with Crippen molar-refractivity contribution in [2.45, 2.75) is 25.7 Å². The molecule has 1 heterocycles. The van der Waals surface area contributed by atoms with Crippen LogP contribution in [0.25, 0.3) is 0 Å². The van der Waals surface area contributed by atoms with E-state index in [1.165, 1.54) is 0 Å². The van der Waals surface area contributed by atoms with E-state index in [4.69, 9.17) is 15.7 Å². The molecular weight excluding hydrogens is 228 g/mol. The molecule has 5 nitrogen and oxygen atoms in total. The van der Waals surface area contributed by atoms with E-state index in [-0.39, 0.29) is 5.92 Å². The van der Waals surface area contributed by atoms with Gasteiger partial charge in [0, 0.05) is 25.6 Å². The van der Waals surface area contributed by atoms with Crippen LogP contribution in [0.3, 0.4) is 0 Å². The Morgan fingerprint density at radius 2 is 1.94 bits per heavy atom. The fourth-order valence-electron chi connectivity index (χ4n) is 2.59. The molecule has 100 valence electrons. The predicted molar refractivity (Wildman–Crippen MR) is 69.9 cm³/mol. The number of morpholine rings is 1. The average Bonchev–Trinajstić information content (AvgIpc) is 2.46. The zero-order chi connectivity index (χ0) is 12.8. The normalized spacial score (nSPS) is 29.9. The smallest absolute Gasteiger partial charge is 0.191 e. The Morgan fingerprint density at radius 1 is 1.28 bits per heavy atom. The Kier molecular flexibility index (Phi) is 4.82. The molecule has 5 heteroatoms. The molecule has 0 radical (unpaired) electrons. The van der Waals surface area contributed by atoms with Crippen LogP contribution in [0.4, 0.5) is 0 Å². The zero-order valence-electron chi connectivity index (χ0n) is 10.8. The standard InChI is InChI=1S/C13H22N4O/c14-9-11-1-3-12(4-2-11)10-16-13(15)17-5-7-18-8-6-17/h11-12H,1-8,10H2,(H2,15,16). The molecule has 18 heavy (non-hydrogen) atoms. The number of aliphatic imine (C=N–C) groups is 1. The lowest BCUT2D eigenvalue weighted by Gasteiger charge is -2.28. The predicted octanol–water partition coefficient (Wildman–Crippen LogP) is 0.963. The summed E-state index contributed by atoms with van der Waals surface area (Å²) < 4.78 is 5.29. The highest BCUT2D eigenvalue weighted by Gasteiger charge is 2.21. The Labute approximate surface area is 109 Å². The van der Waals surface area contributed by atoms with Gasteiger partial charge in [-0.25, -0.2) is 0 Å². The molecule has 0 aromatic rings. The summed E-state index contributed by atoms with van der Waals surface area (Å²) >= 11 is 0. The lowest BCUT2D eigenvalue weighted by Crippen LogP contribution is -2.45. The molecule has 1 saturated heterocycles. The molecule has 1 saturated carbocycles. The molecule has 1 aliphatic carbocycles. The second-order valence-electron chi connectivity index (χ2n) is 5.15. The van der Waals surface area contributed by atoms with Crippen molar-refractivity contribution in [1.29, 1.82) is 5.26 Å². The molecule has 0 aromatic heterocycles. The van der Waals surface area contributed by atoms with Crippen LogP contribution < -0.4 is 5.73 Å². The maximum absolute atomic E-state index is 8.85. The van der Waals surface area contributed by atoms with Gasteiger partial charge >= 0.3 is 0 Å². The minimum absolute atomic E-state index is 0.266. The van der Waals surface area contributed by atoms with Gasteiger partial charge in [0.05, 0.1) is 19.3 Å². The van der Waals surface area contributed by atoms with E-state index >= 15 is 0 Å². The number of nitriles is 1. The number of rotatable bonds is 2. The Balaban J connectivity index is 1.74. The summed E-state index contributed by atoms with van der Waals surface area (Å²) in [7, 11) is 0. The first-order chi connectivity index (χ1) is 8.79. The van der Waals surface area contributed by atoms with Gasteiger partial charge in [-0.3, -0.25) is 4.99 Å². The van der Waals surface area contributed by atoms with Crippen LogP contribution in [0, 0.1) is 23.2 Å². The van der Waals surface area contributed by atoms with Crippen molar-refractivity contribution in [3.8, 4) is 6.07 Å². The van der Waals surface area contributed by atoms with Crippen LogP contribution in [0.2, 0.25) is 0 Å². The minimum atomic E-state index is 0.266. The third kappa shape index (κ3) is 3.61. The van der Waals surface area contributed by atoms with Crippen molar-refractivity contribution in [3.63, 3.8) is 0 Å². The zero-order valence-corrected chi connectivity index (χ0v) is 10.8. The topological polar surface area (TPSA) is 74.6 Å². The van der Waals surface area contributed by atoms with E-state index in [0.29, 0.717) is 11.9 Å². The summed E-state index contributed by atoms with van der Waals surface area (Å²) in [6, 6.07) is 2.36. The second-order valence-corrected chi connectivity index (χ2v) is 5.15. The molecular formula is C13H22N4O. The first-order valence-corrected chi connectivity index (χ1v) is 6.82. The molecule has 0 spiro atoms. The van der Waals surface area contributed by atoms with Gasteiger partial charge in [-0.2, -0.15) is 5.26 Å². The lowest BCUT2D eigenvalue weighted by molar-refractivity contribution is 0.0673. The monoisotopic (exact) mass is 250 g/mol. The summed E-state index contributed by atoms with van der Waals surface area (Å²) in [5, 5.41) is 8.85. The van der Waals surface area contributed by atoms with Gasteiger partial charge in [-0.05, 0) is 31.6 Å². The first-order valence-electron chi connectivity index (χ1n) is 6.82. The first kappa shape index (κ1) is 13.2. The lowest BCUT2D eigenvalue weighted by atomic mass is 9.83. The maximum atomic E-state index is 8.85. The molecule has 2 aliphatic rings. The van der Waals surface area contributed by atoms with Crippen LogP contribution in [0.1, 0.15) is 25.7 Å². The van der Waals surface area contributed by atoms with E-state index < -0.39 is 0 Å². The van der Waals surface area contributed by atoms with Crippen molar-refractivity contribution in [1.82, 2.24) is 4.90 Å². The maximum Gasteiger partial charge on any atom is 0.191 e. The van der Waals surface area contributed by atoms with Gasteiger partial charge in [0.25, 0.3) is 0 Å². The summed E-state index contributed by atoms with van der Waals surface area (Å²) in [5.41, 5.74) is 5.99. The van der Waals surface area contributed by atoms with Crippen LogP contribution in [0.5, 0.6) is 0 Å². The summed E-state index contributed by atoms with van der Waals surface area (Å²) in [6.45, 7) is 3.97. The van der Waals surface area contributed by atoms with E-state index in [1.54, 1.807) is 0 Å². The van der Waals surface area contributed by atoms with Crippen LogP contribution in [-0.4, -0.2) is 43.7 Å². The third-order valence-electron chi connectivity index (χ3n) is 3.88. The van der Waals surface area contributed by atoms with Gasteiger partial charge in [-0.1, -0.05) is 0 Å². The summed E-state index contributed by atoms with van der Waals surface area (Å²) in [6.07, 6.45) is 4.26. The van der Waals surface area contributed by atoms with E-state index in [1.807, 2.05) is 0 Å². The van der Waals surface area contributed by atoms with Crippen LogP contribution >= 0.6 is 0 Å². The highest BCUT2D eigenvalue weighted by Crippen LogP contribution is 2.28. The molecule has 0 aromatic carbocycles. The van der Waals surface area contributed by atoms with Crippen molar-refractivity contribution in [3.05, 3.63) is 0 Å². The van der Waals surface area contributed by atoms with E-state index in [9.17, 15) is 0 Å². The number of guanidine groups is 1. The summed E-state index contributed by atoms with van der Waals surface area (Å²) in [4.78, 5) is 6.59. The van der Waals surface area contributed by atoms with Crippen molar-refractivity contribution in [2.24, 2.45) is 22.6 Å². The van der Waals surface area contributed by atoms with Crippen molar-refractivity contribution >= 4 is 5.96 Å². The quantitative estimate of drug-likeness (QED) is 0.585. The fraction of sp³-hybridized carbons (Fsp3) is 0.846. The molecule has 1 aliphatic heterocycles. The minimum Gasteiger partial charge on any atom is -0.378 e. The molecule has 0 unspecified atom stereocenters. The molecule has 0 atom stereocenters. The number of nitrogens with zero attached hydrogens (tertiary/aromatic N) is 3. The Morgan fingerprint density at radius 3 is 2.56 bits per heavy atom. The fourth-order valence-corrected chi connectivity index (χ4v) is 2.59. The van der Waals surface area contributed by atoms with E-state index in [2.05, 4.69) is 16.0 Å². The second kappa shape index (κ2) is 6.60. The van der Waals surface area contributed by atoms with Crippen molar-refractivity contribution in [2.75, 3.05) is 32.8 Å². The summed E-state index contributed by atoms with van der Waals surface area (Å²) in [5.74, 6) is 1.52. The van der Waals surface area contributed by atoms with Gasteiger partial charge in [0.2, 0.25) is 0 Å². The highest BCUT2D eigenvalue weighted by atomic mass is 16.5. The largest absolute Gasteiger partial charge is 0.378 e. The molecule has 2 rings (SSSR count). The van der Waals surface area contributed by atoms with Gasteiger partial charge < -0.3 is 15.4 Å². The van der Waals surface area contributed by atoms with Crippen LogP contribution in [0.15, 0.2) is 4.99 Å². The third-order valence-corrected chi connectivity index (χ3v) is 3.88. The Bertz CT molecular complexity index is 322. The molecule has 0 amide bonds. The number of ether oxygens (including phenoxy) is 1. The van der Waals surface area contributed by atoms with Gasteiger partial charge in [-0.15, -0.1) is 0 Å². The van der Waals surface area contributed by atoms with E-state index in [0.717, 1.165) is 58.5 Å². The average molecular weight is 250 g/mol. The number of nitrogens with two attached hydrogens (primary N) is 1. The number of hydrogen-bond acceptors (Lipinski definition) is 3. The highest BCUT2D eigenvalue weighted by molar-refractivity contribution is 5.78. The van der Waals surface area contributed by atoms with Gasteiger partial charge in [0.1, 0.15) is 0 Å². The van der Waals surface area contributed by atoms with Crippen molar-refractivity contribution < 1.29 is 4.74 Å². The molecule has 0 bridgehead atoms. The van der Waals surface area contributed by atoms with Crippen LogP contribution in [-0.2, 0) is 4.74 Å². The van der Waals surface area contributed by atoms with Gasteiger partial charge in [0.15, 0.2) is 5.96 Å². The molecule has 2 N–H and O–H groups in total. The SMILES string of the molecule is N#CC1CCC(CN=C(N)N2CCOCC2)CC1. The number of hydrogen-bond donors (Lipinski definition) is 1.